The van der Waals surface area contributed by atoms with Crippen molar-refractivity contribution in [3.05, 3.63) is 46.7 Å². The normalized spacial score (nSPS) is 13.0. The zero-order valence-corrected chi connectivity index (χ0v) is 18.2. The number of fused-ring (bicyclic) bond motifs is 1. The molecular formula is C21H24BrFN2O2S. The summed E-state index contributed by atoms with van der Waals surface area (Å²) >= 11 is 4.82. The monoisotopic (exact) mass is 466 g/mol. The van der Waals surface area contributed by atoms with Gasteiger partial charge in [0, 0.05) is 17.6 Å². The summed E-state index contributed by atoms with van der Waals surface area (Å²) in [5.74, 6) is 1.05. The highest BCUT2D eigenvalue weighted by molar-refractivity contribution is 9.10. The number of ether oxygens (including phenoxy) is 1. The van der Waals surface area contributed by atoms with Crippen LogP contribution in [0.3, 0.4) is 0 Å². The SMILES string of the molecule is CCCN(CCCCOc1cccc2c1SCC(=O)N2)c1ccc(Br)cc1F. The Hall–Kier alpha value is -1.73. The lowest BCUT2D eigenvalue weighted by Crippen LogP contribution is -2.26. The largest absolute Gasteiger partial charge is 0.492 e. The molecule has 4 nitrogen and oxygen atoms in total. The second-order valence-electron chi connectivity index (χ2n) is 6.61. The van der Waals surface area contributed by atoms with Crippen LogP contribution in [-0.2, 0) is 4.79 Å². The molecule has 0 fully saturated rings. The summed E-state index contributed by atoms with van der Waals surface area (Å²) in [5.41, 5.74) is 1.47. The average Bonchev–Trinajstić information content (AvgIpc) is 2.67. The van der Waals surface area contributed by atoms with Crippen molar-refractivity contribution in [2.75, 3.05) is 35.7 Å². The Labute approximate surface area is 178 Å². The Balaban J connectivity index is 1.51. The minimum absolute atomic E-state index is 0.0193. The van der Waals surface area contributed by atoms with Gasteiger partial charge in [0.2, 0.25) is 5.91 Å². The Morgan fingerprint density at radius 3 is 2.89 bits per heavy atom. The predicted octanol–water partition coefficient (Wildman–Crippen LogP) is 5.71. The van der Waals surface area contributed by atoms with Gasteiger partial charge >= 0.3 is 0 Å². The van der Waals surface area contributed by atoms with Crippen molar-refractivity contribution in [2.24, 2.45) is 0 Å². The molecule has 1 N–H and O–H groups in total. The zero-order valence-electron chi connectivity index (χ0n) is 15.8. The van der Waals surface area contributed by atoms with Crippen LogP contribution in [0.15, 0.2) is 45.8 Å². The number of hydrogen-bond donors (Lipinski definition) is 1. The number of rotatable bonds is 9. The van der Waals surface area contributed by atoms with Gasteiger partial charge in [-0.2, -0.15) is 0 Å². The van der Waals surface area contributed by atoms with E-state index in [1.165, 1.54) is 17.8 Å². The molecule has 0 aromatic heterocycles. The number of nitrogens with zero attached hydrogens (tertiary/aromatic N) is 1. The maximum Gasteiger partial charge on any atom is 0.234 e. The lowest BCUT2D eigenvalue weighted by Gasteiger charge is -2.25. The molecular weight excluding hydrogens is 443 g/mol. The lowest BCUT2D eigenvalue weighted by atomic mass is 10.2. The predicted molar refractivity (Wildman–Crippen MR) is 117 cm³/mol. The van der Waals surface area contributed by atoms with E-state index in [-0.39, 0.29) is 11.7 Å². The summed E-state index contributed by atoms with van der Waals surface area (Å²) in [6.07, 6.45) is 2.75. The first-order chi connectivity index (χ1) is 13.6. The number of thioether (sulfide) groups is 1. The van der Waals surface area contributed by atoms with Gasteiger partial charge < -0.3 is 15.0 Å². The van der Waals surface area contributed by atoms with E-state index in [2.05, 4.69) is 33.1 Å². The topological polar surface area (TPSA) is 41.6 Å². The number of amides is 1. The van der Waals surface area contributed by atoms with Crippen LogP contribution in [-0.4, -0.2) is 31.4 Å². The van der Waals surface area contributed by atoms with Crippen LogP contribution in [0.25, 0.3) is 0 Å². The highest BCUT2D eigenvalue weighted by atomic mass is 79.9. The molecule has 2 aromatic rings. The van der Waals surface area contributed by atoms with Crippen molar-refractivity contribution < 1.29 is 13.9 Å². The minimum atomic E-state index is -0.200. The van der Waals surface area contributed by atoms with Gasteiger partial charge in [0.1, 0.15) is 11.6 Å². The third-order valence-corrected chi connectivity index (χ3v) is 6.03. The molecule has 0 atom stereocenters. The van der Waals surface area contributed by atoms with E-state index in [1.54, 1.807) is 0 Å². The fourth-order valence-electron chi connectivity index (χ4n) is 3.15. The van der Waals surface area contributed by atoms with Crippen LogP contribution in [0.2, 0.25) is 0 Å². The summed E-state index contributed by atoms with van der Waals surface area (Å²) in [4.78, 5) is 14.6. The molecule has 1 aliphatic rings. The zero-order chi connectivity index (χ0) is 19.9. The van der Waals surface area contributed by atoms with Crippen LogP contribution in [0.4, 0.5) is 15.8 Å². The van der Waals surface area contributed by atoms with Gasteiger partial charge in [0.15, 0.2) is 0 Å². The maximum absolute atomic E-state index is 14.3. The van der Waals surface area contributed by atoms with E-state index >= 15 is 0 Å². The maximum atomic E-state index is 14.3. The molecule has 0 radical (unpaired) electrons. The summed E-state index contributed by atoms with van der Waals surface area (Å²) in [6, 6.07) is 10.9. The molecule has 1 heterocycles. The first-order valence-corrected chi connectivity index (χ1v) is 11.2. The second-order valence-corrected chi connectivity index (χ2v) is 8.51. The van der Waals surface area contributed by atoms with Crippen molar-refractivity contribution in [1.82, 2.24) is 0 Å². The van der Waals surface area contributed by atoms with E-state index in [1.807, 2.05) is 30.3 Å². The number of benzene rings is 2. The Morgan fingerprint density at radius 2 is 2.11 bits per heavy atom. The molecule has 28 heavy (non-hydrogen) atoms. The molecule has 0 saturated heterocycles. The van der Waals surface area contributed by atoms with Gasteiger partial charge in [0.25, 0.3) is 0 Å². The summed E-state index contributed by atoms with van der Waals surface area (Å²) in [7, 11) is 0. The second kappa shape index (κ2) is 10.2. The van der Waals surface area contributed by atoms with Crippen LogP contribution < -0.4 is 15.0 Å². The van der Waals surface area contributed by atoms with Crippen LogP contribution in [0.1, 0.15) is 26.2 Å². The number of nitrogens with one attached hydrogen (secondary N) is 1. The van der Waals surface area contributed by atoms with Gasteiger partial charge in [-0.1, -0.05) is 28.9 Å². The van der Waals surface area contributed by atoms with Crippen molar-refractivity contribution in [2.45, 2.75) is 31.1 Å². The van der Waals surface area contributed by atoms with Gasteiger partial charge in [-0.3, -0.25) is 4.79 Å². The minimum Gasteiger partial charge on any atom is -0.492 e. The van der Waals surface area contributed by atoms with E-state index in [0.717, 1.165) is 53.2 Å². The number of hydrogen-bond acceptors (Lipinski definition) is 4. The van der Waals surface area contributed by atoms with Crippen LogP contribution in [0.5, 0.6) is 5.75 Å². The van der Waals surface area contributed by atoms with Crippen molar-refractivity contribution in [3.8, 4) is 5.75 Å². The first kappa shape index (κ1) is 21.0. The molecule has 0 spiro atoms. The Kier molecular flexibility index (Phi) is 7.62. The average molecular weight is 467 g/mol. The molecule has 0 unspecified atom stereocenters. The fraction of sp³-hybridized carbons (Fsp3) is 0.381. The van der Waals surface area contributed by atoms with Gasteiger partial charge in [-0.25, -0.2) is 4.39 Å². The lowest BCUT2D eigenvalue weighted by molar-refractivity contribution is -0.113. The van der Waals surface area contributed by atoms with Crippen molar-refractivity contribution in [3.63, 3.8) is 0 Å². The quantitative estimate of drug-likeness (QED) is 0.480. The fourth-order valence-corrected chi connectivity index (χ4v) is 4.37. The number of halogens is 2. The molecule has 0 saturated carbocycles. The van der Waals surface area contributed by atoms with E-state index in [0.29, 0.717) is 18.0 Å². The highest BCUT2D eigenvalue weighted by Gasteiger charge is 2.19. The molecule has 2 aromatic carbocycles. The van der Waals surface area contributed by atoms with Gasteiger partial charge in [-0.05, 0) is 49.6 Å². The highest BCUT2D eigenvalue weighted by Crippen LogP contribution is 2.39. The molecule has 7 heteroatoms. The van der Waals surface area contributed by atoms with Gasteiger partial charge in [-0.15, -0.1) is 11.8 Å². The smallest absolute Gasteiger partial charge is 0.234 e. The molecule has 3 rings (SSSR count). The number of carbonyl (C=O) groups is 1. The van der Waals surface area contributed by atoms with Crippen molar-refractivity contribution >= 4 is 45.0 Å². The Morgan fingerprint density at radius 1 is 1.25 bits per heavy atom. The van der Waals surface area contributed by atoms with E-state index in [4.69, 9.17) is 4.74 Å². The molecule has 0 aliphatic carbocycles. The molecule has 0 bridgehead atoms. The van der Waals surface area contributed by atoms with Crippen molar-refractivity contribution in [1.29, 1.82) is 0 Å². The summed E-state index contributed by atoms with van der Waals surface area (Å²) < 4.78 is 21.0. The van der Waals surface area contributed by atoms with Crippen LogP contribution >= 0.6 is 27.7 Å². The molecule has 1 aliphatic heterocycles. The molecule has 1 amide bonds. The molecule has 150 valence electrons. The number of unbranched alkanes of at least 4 members (excludes halogenated alkanes) is 1. The first-order valence-electron chi connectivity index (χ1n) is 9.47. The standard InChI is InChI=1S/C21H24BrFN2O2S/c1-2-10-25(18-9-8-15(22)13-16(18)23)11-3-4-12-27-19-7-5-6-17-21(19)28-14-20(26)24-17/h5-9,13H,2-4,10-12,14H2,1H3,(H,24,26). The number of carbonyl (C=O) groups excluding carboxylic acids is 1. The van der Waals surface area contributed by atoms with E-state index < -0.39 is 0 Å². The van der Waals surface area contributed by atoms with Gasteiger partial charge in [0.05, 0.1) is 28.6 Å². The third kappa shape index (κ3) is 5.41. The third-order valence-electron chi connectivity index (χ3n) is 4.42. The van der Waals surface area contributed by atoms with Crippen LogP contribution in [0, 0.1) is 5.82 Å². The Bertz CT molecular complexity index is 834. The van der Waals surface area contributed by atoms with E-state index in [9.17, 15) is 9.18 Å². The summed E-state index contributed by atoms with van der Waals surface area (Å²) in [6.45, 7) is 4.30. The number of anilines is 2. The summed E-state index contributed by atoms with van der Waals surface area (Å²) in [5, 5.41) is 2.87.